The molecule has 0 heterocycles. The van der Waals surface area contributed by atoms with Gasteiger partial charge in [-0.05, 0) is 24.5 Å². The second-order valence-corrected chi connectivity index (χ2v) is 6.79. The molecule has 1 aromatic carbocycles. The third kappa shape index (κ3) is 8.90. The van der Waals surface area contributed by atoms with E-state index < -0.39 is 4.92 Å². The van der Waals surface area contributed by atoms with E-state index in [1.807, 2.05) is 6.07 Å². The maximum absolute atomic E-state index is 10.9. The van der Waals surface area contributed by atoms with Gasteiger partial charge < -0.3 is 5.73 Å². The lowest BCUT2D eigenvalue weighted by atomic mass is 10.0. The number of nitrogens with two attached hydrogens (primary N) is 1. The highest BCUT2D eigenvalue weighted by molar-refractivity contribution is 5.59. The van der Waals surface area contributed by atoms with Crippen LogP contribution in [0.15, 0.2) is 18.2 Å². The van der Waals surface area contributed by atoms with Crippen LogP contribution in [0.5, 0.6) is 0 Å². The Hall–Kier alpha value is -1.58. The maximum Gasteiger partial charge on any atom is 0.292 e. The van der Waals surface area contributed by atoms with Crippen LogP contribution < -0.4 is 5.73 Å². The van der Waals surface area contributed by atoms with Crippen molar-refractivity contribution in [1.82, 2.24) is 0 Å². The normalized spacial score (nSPS) is 10.9. The fourth-order valence-corrected chi connectivity index (χ4v) is 3.07. The van der Waals surface area contributed by atoms with Crippen molar-refractivity contribution >= 4 is 11.4 Å². The molecule has 0 atom stereocenters. The highest BCUT2D eigenvalue weighted by atomic mass is 16.6. The molecular formula is C20H34N2O2. The van der Waals surface area contributed by atoms with Crippen molar-refractivity contribution in [2.24, 2.45) is 0 Å². The zero-order valence-corrected chi connectivity index (χ0v) is 15.3. The highest BCUT2D eigenvalue weighted by Crippen LogP contribution is 2.23. The van der Waals surface area contributed by atoms with Crippen LogP contribution in [0, 0.1) is 10.1 Å². The minimum atomic E-state index is -0.402. The third-order valence-electron chi connectivity index (χ3n) is 4.61. The Labute approximate surface area is 147 Å². The smallest absolute Gasteiger partial charge is 0.292 e. The van der Waals surface area contributed by atoms with E-state index in [4.69, 9.17) is 5.73 Å². The van der Waals surface area contributed by atoms with Crippen LogP contribution >= 0.6 is 0 Å². The average Bonchev–Trinajstić information content (AvgIpc) is 2.57. The molecule has 0 amide bonds. The van der Waals surface area contributed by atoms with Gasteiger partial charge >= 0.3 is 0 Å². The van der Waals surface area contributed by atoms with Crippen molar-refractivity contribution in [1.29, 1.82) is 0 Å². The summed E-state index contributed by atoms with van der Waals surface area (Å²) < 4.78 is 0. The van der Waals surface area contributed by atoms with E-state index in [1.54, 1.807) is 12.1 Å². The highest BCUT2D eigenvalue weighted by Gasteiger charge is 2.11. The van der Waals surface area contributed by atoms with Gasteiger partial charge in [0.25, 0.3) is 5.69 Å². The lowest BCUT2D eigenvalue weighted by Gasteiger charge is -2.04. The zero-order chi connectivity index (χ0) is 17.6. The number of hydrogen-bond acceptors (Lipinski definition) is 3. The predicted molar refractivity (Wildman–Crippen MR) is 102 cm³/mol. The van der Waals surface area contributed by atoms with Crippen LogP contribution in [0.25, 0.3) is 0 Å². The van der Waals surface area contributed by atoms with Crippen molar-refractivity contribution in [3.63, 3.8) is 0 Å². The molecule has 0 unspecified atom stereocenters. The van der Waals surface area contributed by atoms with Crippen molar-refractivity contribution in [2.75, 3.05) is 5.73 Å². The minimum absolute atomic E-state index is 0.0337. The molecule has 4 nitrogen and oxygen atoms in total. The monoisotopic (exact) mass is 334 g/mol. The summed E-state index contributed by atoms with van der Waals surface area (Å²) in [5, 5.41) is 10.9. The number of nitrogens with zero attached hydrogens (tertiary/aromatic N) is 1. The zero-order valence-electron chi connectivity index (χ0n) is 15.3. The first kappa shape index (κ1) is 20.5. The summed E-state index contributed by atoms with van der Waals surface area (Å²) in [6.07, 6.45) is 16.8. The van der Waals surface area contributed by atoms with Crippen LogP contribution in [-0.2, 0) is 6.42 Å². The molecule has 0 aliphatic rings. The predicted octanol–water partition coefficient (Wildman–Crippen LogP) is 6.42. The van der Waals surface area contributed by atoms with Crippen LogP contribution in [0.3, 0.4) is 0 Å². The molecule has 0 saturated heterocycles. The molecule has 0 fully saturated rings. The average molecular weight is 335 g/mol. The molecule has 24 heavy (non-hydrogen) atoms. The first-order valence-electron chi connectivity index (χ1n) is 9.68. The molecule has 0 saturated carbocycles. The summed E-state index contributed by atoms with van der Waals surface area (Å²) in [6.45, 7) is 2.26. The Bertz CT molecular complexity index is 475. The van der Waals surface area contributed by atoms with Gasteiger partial charge in [0, 0.05) is 6.07 Å². The van der Waals surface area contributed by atoms with Gasteiger partial charge in [0.2, 0.25) is 0 Å². The number of nitrogen functional groups attached to an aromatic ring is 1. The van der Waals surface area contributed by atoms with Gasteiger partial charge in [-0.25, -0.2) is 0 Å². The van der Waals surface area contributed by atoms with E-state index in [2.05, 4.69) is 6.92 Å². The second kappa shape index (κ2) is 12.8. The van der Waals surface area contributed by atoms with Gasteiger partial charge in [-0.1, -0.05) is 83.6 Å². The molecule has 1 aromatic rings. The molecule has 2 N–H and O–H groups in total. The summed E-state index contributed by atoms with van der Waals surface area (Å²) in [5.74, 6) is 0. The molecule has 0 aromatic heterocycles. The quantitative estimate of drug-likeness (QED) is 0.185. The van der Waals surface area contributed by atoms with E-state index in [0.717, 1.165) is 18.4 Å². The number of nitro benzene ring substituents is 1. The molecule has 0 aliphatic heterocycles. The Morgan fingerprint density at radius 1 is 0.875 bits per heavy atom. The summed E-state index contributed by atoms with van der Waals surface area (Å²) in [4.78, 5) is 10.5. The standard InChI is InChI=1S/C20H34N2O2/c1-2-3-4-5-6-7-8-9-10-11-12-13-14-18-15-16-19(21)20(17-18)22(23)24/h15-17H,2-14,21H2,1H3. The van der Waals surface area contributed by atoms with E-state index in [-0.39, 0.29) is 11.4 Å². The molecule has 0 aliphatic carbocycles. The first-order chi connectivity index (χ1) is 11.6. The van der Waals surface area contributed by atoms with Crippen molar-refractivity contribution in [3.8, 4) is 0 Å². The Balaban J connectivity index is 2.01. The lowest BCUT2D eigenvalue weighted by Crippen LogP contribution is -1.97. The van der Waals surface area contributed by atoms with Crippen LogP contribution in [0.1, 0.15) is 89.5 Å². The van der Waals surface area contributed by atoms with Gasteiger partial charge in [0.1, 0.15) is 5.69 Å². The Morgan fingerprint density at radius 3 is 1.88 bits per heavy atom. The van der Waals surface area contributed by atoms with Gasteiger partial charge in [-0.2, -0.15) is 0 Å². The lowest BCUT2D eigenvalue weighted by molar-refractivity contribution is -0.384. The first-order valence-corrected chi connectivity index (χ1v) is 9.68. The summed E-state index contributed by atoms with van der Waals surface area (Å²) in [5.41, 5.74) is 6.92. The number of hydrogen-bond donors (Lipinski definition) is 1. The molecule has 0 spiro atoms. The van der Waals surface area contributed by atoms with Crippen LogP contribution in [0.4, 0.5) is 11.4 Å². The summed E-state index contributed by atoms with van der Waals surface area (Å²) >= 11 is 0. The van der Waals surface area contributed by atoms with Crippen molar-refractivity contribution in [2.45, 2.75) is 90.4 Å². The molecule has 4 heteroatoms. The van der Waals surface area contributed by atoms with Gasteiger partial charge in [0.05, 0.1) is 4.92 Å². The maximum atomic E-state index is 10.9. The Morgan fingerprint density at radius 2 is 1.38 bits per heavy atom. The van der Waals surface area contributed by atoms with Crippen molar-refractivity contribution in [3.05, 3.63) is 33.9 Å². The summed E-state index contributed by atoms with van der Waals surface area (Å²) in [6, 6.07) is 5.17. The van der Waals surface area contributed by atoms with Crippen LogP contribution in [0.2, 0.25) is 0 Å². The molecule has 0 bridgehead atoms. The third-order valence-corrected chi connectivity index (χ3v) is 4.61. The van der Waals surface area contributed by atoms with Crippen LogP contribution in [-0.4, -0.2) is 4.92 Å². The fraction of sp³-hybridized carbons (Fsp3) is 0.700. The second-order valence-electron chi connectivity index (χ2n) is 6.79. The topological polar surface area (TPSA) is 69.2 Å². The molecule has 136 valence electrons. The van der Waals surface area contributed by atoms with Gasteiger partial charge in [0.15, 0.2) is 0 Å². The minimum Gasteiger partial charge on any atom is -0.393 e. The van der Waals surface area contributed by atoms with E-state index in [0.29, 0.717) is 0 Å². The summed E-state index contributed by atoms with van der Waals surface area (Å²) in [7, 11) is 0. The van der Waals surface area contributed by atoms with Gasteiger partial charge in [-0.3, -0.25) is 10.1 Å². The molecule has 1 rings (SSSR count). The number of unbranched alkanes of at least 4 members (excludes halogenated alkanes) is 11. The van der Waals surface area contributed by atoms with Gasteiger partial charge in [-0.15, -0.1) is 0 Å². The SMILES string of the molecule is CCCCCCCCCCCCCCc1ccc(N)c([N+](=O)[O-])c1. The largest absolute Gasteiger partial charge is 0.393 e. The molecule has 0 radical (unpaired) electrons. The fourth-order valence-electron chi connectivity index (χ4n) is 3.07. The number of rotatable bonds is 14. The number of nitro groups is 1. The van der Waals surface area contributed by atoms with Crippen molar-refractivity contribution < 1.29 is 4.92 Å². The van der Waals surface area contributed by atoms with E-state index in [1.165, 1.54) is 70.6 Å². The number of aryl methyl sites for hydroxylation is 1. The molecular weight excluding hydrogens is 300 g/mol. The van der Waals surface area contributed by atoms with E-state index >= 15 is 0 Å². The number of anilines is 1. The van der Waals surface area contributed by atoms with E-state index in [9.17, 15) is 10.1 Å². The number of benzene rings is 1. The Kier molecular flexibility index (Phi) is 10.9.